The maximum atomic E-state index is 6.11. The number of pyridine rings is 1. The van der Waals surface area contributed by atoms with E-state index in [-0.39, 0.29) is 0 Å². The van der Waals surface area contributed by atoms with E-state index in [0.29, 0.717) is 16.9 Å². The molecular weight excluding hydrogens is 314 g/mol. The van der Waals surface area contributed by atoms with Crippen LogP contribution in [0.5, 0.6) is 0 Å². The monoisotopic (exact) mass is 327 g/mol. The molecule has 4 aromatic heterocycles. The maximum absolute atomic E-state index is 6.11. The Bertz CT molecular complexity index is 1270. The number of furan rings is 1. The summed E-state index contributed by atoms with van der Waals surface area (Å²) in [5.41, 5.74) is 7.60. The first-order valence-corrected chi connectivity index (χ1v) is 8.38. The van der Waals surface area contributed by atoms with Crippen molar-refractivity contribution in [3.05, 3.63) is 54.1 Å². The summed E-state index contributed by atoms with van der Waals surface area (Å²) < 4.78 is 7.88. The topological polar surface area (TPSA) is 69.1 Å². The van der Waals surface area contributed by atoms with Crippen LogP contribution in [0.15, 0.2) is 47.4 Å². The van der Waals surface area contributed by atoms with Crippen molar-refractivity contribution in [2.75, 3.05) is 0 Å². The quantitative estimate of drug-likeness (QED) is 0.471. The molecule has 1 aromatic carbocycles. The van der Waals surface area contributed by atoms with Crippen molar-refractivity contribution in [2.24, 2.45) is 0 Å². The fraction of sp³-hybridized carbons (Fsp3) is 0.158. The summed E-state index contributed by atoms with van der Waals surface area (Å²) in [4.78, 5) is 9.48. The Hall–Kier alpha value is -3.28. The van der Waals surface area contributed by atoms with Crippen molar-refractivity contribution in [2.45, 2.75) is 19.3 Å². The van der Waals surface area contributed by atoms with Crippen LogP contribution in [0.4, 0.5) is 0 Å². The van der Waals surface area contributed by atoms with Crippen molar-refractivity contribution >= 4 is 27.8 Å². The molecule has 6 heteroatoms. The van der Waals surface area contributed by atoms with E-state index in [0.717, 1.165) is 41.4 Å². The SMILES string of the molecule is c1ccc(-c2nc3oc4c(ncn5cnnc45)c3c3c2CCC3)cc1. The van der Waals surface area contributed by atoms with Crippen molar-refractivity contribution in [1.82, 2.24) is 24.6 Å². The number of hydrogen-bond acceptors (Lipinski definition) is 5. The van der Waals surface area contributed by atoms with Gasteiger partial charge in [0.25, 0.3) is 0 Å². The Balaban J connectivity index is 1.78. The van der Waals surface area contributed by atoms with Gasteiger partial charge in [-0.3, -0.25) is 4.40 Å². The highest BCUT2D eigenvalue weighted by atomic mass is 16.3. The first kappa shape index (κ1) is 13.1. The van der Waals surface area contributed by atoms with E-state index in [9.17, 15) is 0 Å². The number of nitrogens with zero attached hydrogens (tertiary/aromatic N) is 5. The molecule has 5 aromatic rings. The summed E-state index contributed by atoms with van der Waals surface area (Å²) >= 11 is 0. The van der Waals surface area contributed by atoms with Crippen molar-refractivity contribution < 1.29 is 4.42 Å². The zero-order valence-electron chi connectivity index (χ0n) is 13.3. The molecule has 4 heterocycles. The van der Waals surface area contributed by atoms with Crippen LogP contribution in [-0.4, -0.2) is 24.6 Å². The van der Waals surface area contributed by atoms with E-state index < -0.39 is 0 Å². The van der Waals surface area contributed by atoms with E-state index in [1.54, 1.807) is 17.1 Å². The van der Waals surface area contributed by atoms with Crippen molar-refractivity contribution in [1.29, 1.82) is 0 Å². The molecule has 0 atom stereocenters. The third kappa shape index (κ3) is 1.68. The van der Waals surface area contributed by atoms with Gasteiger partial charge in [-0.25, -0.2) is 9.97 Å². The predicted molar refractivity (Wildman–Crippen MR) is 93.3 cm³/mol. The Kier molecular flexibility index (Phi) is 2.42. The van der Waals surface area contributed by atoms with E-state index in [1.165, 1.54) is 11.1 Å². The number of benzene rings is 1. The molecule has 1 aliphatic carbocycles. The molecule has 6 nitrogen and oxygen atoms in total. The summed E-state index contributed by atoms with van der Waals surface area (Å²) in [5.74, 6) is 0. The molecule has 120 valence electrons. The number of hydrogen-bond donors (Lipinski definition) is 0. The average molecular weight is 327 g/mol. The Morgan fingerprint density at radius 1 is 1.00 bits per heavy atom. The molecule has 0 bridgehead atoms. The van der Waals surface area contributed by atoms with E-state index >= 15 is 0 Å². The number of fused-ring (bicyclic) bond motifs is 7. The minimum Gasteiger partial charge on any atom is -0.432 e. The maximum Gasteiger partial charge on any atom is 0.230 e. The minimum atomic E-state index is 0.637. The van der Waals surface area contributed by atoms with Gasteiger partial charge in [-0.2, -0.15) is 0 Å². The lowest BCUT2D eigenvalue weighted by Gasteiger charge is -2.08. The predicted octanol–water partition coefficient (Wildman–Crippen LogP) is 3.57. The largest absolute Gasteiger partial charge is 0.432 e. The summed E-state index contributed by atoms with van der Waals surface area (Å²) in [6.45, 7) is 0. The third-order valence-corrected chi connectivity index (χ3v) is 5.02. The van der Waals surface area contributed by atoms with E-state index in [2.05, 4.69) is 27.3 Å². The Labute approximate surface area is 142 Å². The normalized spacial score (nSPS) is 13.9. The van der Waals surface area contributed by atoms with Crippen molar-refractivity contribution in [3.8, 4) is 11.3 Å². The van der Waals surface area contributed by atoms with Gasteiger partial charge >= 0.3 is 0 Å². The van der Waals surface area contributed by atoms with Gasteiger partial charge in [-0.15, -0.1) is 10.2 Å². The first-order valence-electron chi connectivity index (χ1n) is 8.38. The van der Waals surface area contributed by atoms with Crippen LogP contribution in [0.1, 0.15) is 17.5 Å². The minimum absolute atomic E-state index is 0.637. The highest BCUT2D eigenvalue weighted by molar-refractivity contribution is 6.08. The summed E-state index contributed by atoms with van der Waals surface area (Å²) in [6, 6.07) is 10.3. The molecule has 0 unspecified atom stereocenters. The number of aryl methyl sites for hydroxylation is 1. The first-order chi connectivity index (χ1) is 12.4. The van der Waals surface area contributed by atoms with Gasteiger partial charge in [0.05, 0.1) is 11.1 Å². The highest BCUT2D eigenvalue weighted by Gasteiger charge is 2.25. The van der Waals surface area contributed by atoms with Crippen LogP contribution in [-0.2, 0) is 12.8 Å². The van der Waals surface area contributed by atoms with E-state index in [1.807, 2.05) is 18.2 Å². The molecule has 0 aliphatic heterocycles. The molecule has 0 radical (unpaired) electrons. The molecule has 0 spiro atoms. The van der Waals surface area contributed by atoms with Gasteiger partial charge in [0.2, 0.25) is 16.9 Å². The van der Waals surface area contributed by atoms with Gasteiger partial charge < -0.3 is 4.42 Å². The summed E-state index contributed by atoms with van der Waals surface area (Å²) in [7, 11) is 0. The molecular formula is C19H13N5O. The number of aromatic nitrogens is 5. The van der Waals surface area contributed by atoms with Crippen LogP contribution < -0.4 is 0 Å². The lowest BCUT2D eigenvalue weighted by atomic mass is 10.0. The summed E-state index contributed by atoms with van der Waals surface area (Å²) in [6.07, 6.45) is 6.57. The smallest absolute Gasteiger partial charge is 0.230 e. The highest BCUT2D eigenvalue weighted by Crippen LogP contribution is 2.40. The Morgan fingerprint density at radius 3 is 2.80 bits per heavy atom. The zero-order chi connectivity index (χ0) is 16.4. The molecule has 0 saturated carbocycles. The second-order valence-electron chi connectivity index (χ2n) is 6.40. The Morgan fingerprint density at radius 2 is 1.88 bits per heavy atom. The van der Waals surface area contributed by atoms with Crippen LogP contribution in [0.2, 0.25) is 0 Å². The van der Waals surface area contributed by atoms with Crippen LogP contribution in [0, 0.1) is 0 Å². The number of rotatable bonds is 1. The molecule has 25 heavy (non-hydrogen) atoms. The molecule has 1 aliphatic rings. The standard InChI is InChI=1S/C19H13N5O/c1-2-5-11(6-3-1)15-13-8-4-7-12(13)14-16-17(25-19(14)22-15)18-23-21-10-24(18)9-20-16/h1-3,5-6,9-10H,4,7-8H2. The fourth-order valence-corrected chi connectivity index (χ4v) is 3.93. The lowest BCUT2D eigenvalue weighted by Crippen LogP contribution is -1.94. The zero-order valence-corrected chi connectivity index (χ0v) is 13.3. The second-order valence-corrected chi connectivity index (χ2v) is 6.40. The molecule has 0 amide bonds. The van der Waals surface area contributed by atoms with Gasteiger partial charge in [-0.1, -0.05) is 30.3 Å². The van der Waals surface area contributed by atoms with Crippen LogP contribution in [0.3, 0.4) is 0 Å². The molecule has 0 N–H and O–H groups in total. The second kappa shape index (κ2) is 4.63. The van der Waals surface area contributed by atoms with Crippen LogP contribution in [0.25, 0.3) is 39.1 Å². The van der Waals surface area contributed by atoms with Crippen LogP contribution >= 0.6 is 0 Å². The third-order valence-electron chi connectivity index (χ3n) is 5.02. The van der Waals surface area contributed by atoms with Gasteiger partial charge in [0.15, 0.2) is 0 Å². The molecule has 6 rings (SSSR count). The summed E-state index contributed by atoms with van der Waals surface area (Å²) in [5, 5.41) is 9.15. The molecule has 0 fully saturated rings. The van der Waals surface area contributed by atoms with Gasteiger partial charge in [-0.05, 0) is 30.4 Å². The molecule has 0 saturated heterocycles. The lowest BCUT2D eigenvalue weighted by molar-refractivity contribution is 0.653. The fourth-order valence-electron chi connectivity index (χ4n) is 3.93. The van der Waals surface area contributed by atoms with Gasteiger partial charge in [0.1, 0.15) is 18.2 Å². The van der Waals surface area contributed by atoms with Gasteiger partial charge in [0, 0.05) is 5.56 Å². The van der Waals surface area contributed by atoms with E-state index in [4.69, 9.17) is 9.40 Å². The van der Waals surface area contributed by atoms with Crippen molar-refractivity contribution in [3.63, 3.8) is 0 Å². The average Bonchev–Trinajstić information content (AvgIpc) is 3.37.